The highest BCUT2D eigenvalue weighted by molar-refractivity contribution is 7.99. The van der Waals surface area contributed by atoms with Crippen molar-refractivity contribution in [2.24, 2.45) is 0 Å². The first-order chi connectivity index (χ1) is 13.7. The quantitative estimate of drug-likeness (QED) is 0.546. The van der Waals surface area contributed by atoms with Crippen molar-refractivity contribution in [2.75, 3.05) is 26.0 Å². The Morgan fingerprint density at radius 3 is 2.96 bits per heavy atom. The highest BCUT2D eigenvalue weighted by Crippen LogP contribution is 2.31. The fraction of sp³-hybridized carbons (Fsp3) is 0.333. The number of thioether (sulfide) groups is 1. The highest BCUT2D eigenvalue weighted by Gasteiger charge is 2.16. The van der Waals surface area contributed by atoms with Gasteiger partial charge in [0.05, 0.1) is 12.3 Å². The first-order valence-corrected chi connectivity index (χ1v) is 10.6. The summed E-state index contributed by atoms with van der Waals surface area (Å²) in [6, 6.07) is 9.79. The van der Waals surface area contributed by atoms with Crippen LogP contribution < -0.4 is 9.47 Å². The minimum absolute atomic E-state index is 0.00515. The van der Waals surface area contributed by atoms with Gasteiger partial charge < -0.3 is 14.4 Å². The second-order valence-corrected chi connectivity index (χ2v) is 8.19. The molecule has 0 aliphatic carbocycles. The van der Waals surface area contributed by atoms with E-state index in [0.717, 1.165) is 21.9 Å². The summed E-state index contributed by atoms with van der Waals surface area (Å²) in [5.41, 5.74) is 0.993. The van der Waals surface area contributed by atoms with E-state index in [9.17, 15) is 4.79 Å². The van der Waals surface area contributed by atoms with Gasteiger partial charge in [-0.05, 0) is 39.6 Å². The van der Waals surface area contributed by atoms with Gasteiger partial charge in [0.1, 0.15) is 13.2 Å². The maximum absolute atomic E-state index is 12.5. The molecule has 0 bridgehead atoms. The average molecular weight is 418 g/mol. The van der Waals surface area contributed by atoms with E-state index in [1.54, 1.807) is 28.0 Å². The van der Waals surface area contributed by atoms with Crippen LogP contribution in [0, 0.1) is 0 Å². The summed E-state index contributed by atoms with van der Waals surface area (Å²) in [4.78, 5) is 15.4. The Morgan fingerprint density at radius 1 is 1.29 bits per heavy atom. The van der Waals surface area contributed by atoms with Crippen molar-refractivity contribution in [3.8, 4) is 11.5 Å². The predicted octanol–water partition coefficient (Wildman–Crippen LogP) is 2.30. The summed E-state index contributed by atoms with van der Waals surface area (Å²) in [5.74, 6) is 1.75. The van der Waals surface area contributed by atoms with E-state index >= 15 is 0 Å². The van der Waals surface area contributed by atoms with Crippen LogP contribution in [-0.2, 0) is 17.9 Å². The molecule has 1 aliphatic heterocycles. The van der Waals surface area contributed by atoms with Crippen molar-refractivity contribution < 1.29 is 14.3 Å². The Labute approximate surface area is 170 Å². The lowest BCUT2D eigenvalue weighted by molar-refractivity contribution is -0.127. The van der Waals surface area contributed by atoms with E-state index in [4.69, 9.17) is 9.47 Å². The lowest BCUT2D eigenvalue weighted by Gasteiger charge is -2.21. The van der Waals surface area contributed by atoms with Gasteiger partial charge in [-0.15, -0.1) is 16.4 Å². The van der Waals surface area contributed by atoms with Crippen molar-refractivity contribution in [3.63, 3.8) is 0 Å². The molecule has 0 unspecified atom stereocenters. The molecule has 8 nitrogen and oxygen atoms in total. The number of ether oxygens (including phenoxy) is 2. The summed E-state index contributed by atoms with van der Waals surface area (Å²) >= 11 is 2.99. The number of nitrogens with zero attached hydrogens (tertiary/aromatic N) is 5. The van der Waals surface area contributed by atoms with Crippen LogP contribution in [0.1, 0.15) is 10.4 Å². The maximum atomic E-state index is 12.5. The first-order valence-electron chi connectivity index (χ1n) is 8.73. The largest absolute Gasteiger partial charge is 0.486 e. The van der Waals surface area contributed by atoms with Crippen LogP contribution in [-0.4, -0.2) is 57.0 Å². The lowest BCUT2D eigenvalue weighted by atomic mass is 10.2. The van der Waals surface area contributed by atoms with E-state index in [1.165, 1.54) is 11.8 Å². The maximum Gasteiger partial charge on any atom is 0.233 e. The summed E-state index contributed by atoms with van der Waals surface area (Å²) in [6.45, 7) is 2.21. The average Bonchev–Trinajstić information content (AvgIpc) is 3.38. The van der Waals surface area contributed by atoms with Crippen molar-refractivity contribution in [2.45, 2.75) is 18.2 Å². The van der Waals surface area contributed by atoms with Gasteiger partial charge in [-0.2, -0.15) is 0 Å². The minimum atomic E-state index is 0.00515. The van der Waals surface area contributed by atoms with Crippen LogP contribution in [0.25, 0.3) is 0 Å². The van der Waals surface area contributed by atoms with Crippen molar-refractivity contribution in [3.05, 3.63) is 46.2 Å². The Balaban J connectivity index is 1.32. The van der Waals surface area contributed by atoms with Gasteiger partial charge in [-0.3, -0.25) is 4.79 Å². The normalized spacial score (nSPS) is 12.8. The molecule has 4 rings (SSSR count). The van der Waals surface area contributed by atoms with Gasteiger partial charge >= 0.3 is 0 Å². The van der Waals surface area contributed by atoms with Crippen LogP contribution in [0.4, 0.5) is 0 Å². The number of fused-ring (bicyclic) bond motifs is 1. The molecule has 0 saturated heterocycles. The number of carbonyl (C=O) groups excluding carboxylic acids is 1. The van der Waals surface area contributed by atoms with Crippen LogP contribution in [0.5, 0.6) is 11.5 Å². The van der Waals surface area contributed by atoms with Crippen molar-refractivity contribution in [1.29, 1.82) is 0 Å². The topological polar surface area (TPSA) is 82.4 Å². The summed E-state index contributed by atoms with van der Waals surface area (Å²) < 4.78 is 12.8. The van der Waals surface area contributed by atoms with Crippen LogP contribution >= 0.6 is 23.1 Å². The van der Waals surface area contributed by atoms with E-state index in [-0.39, 0.29) is 11.7 Å². The third-order valence-electron chi connectivity index (χ3n) is 4.16. The fourth-order valence-electron chi connectivity index (χ4n) is 2.73. The molecule has 0 fully saturated rings. The number of benzene rings is 1. The summed E-state index contributed by atoms with van der Waals surface area (Å²) in [5, 5.41) is 14.4. The van der Waals surface area contributed by atoms with Crippen LogP contribution in [0.2, 0.25) is 0 Å². The van der Waals surface area contributed by atoms with E-state index in [1.807, 2.05) is 35.7 Å². The van der Waals surface area contributed by atoms with E-state index in [2.05, 4.69) is 15.5 Å². The summed E-state index contributed by atoms with van der Waals surface area (Å²) in [6.07, 6.45) is 0. The van der Waals surface area contributed by atoms with Gasteiger partial charge in [-0.25, -0.2) is 4.68 Å². The SMILES string of the molecule is CN(Cc1ccc2c(c1)OCCO2)C(=O)CSc1nnnn1Cc1cccs1. The molecule has 1 aliphatic rings. The van der Waals surface area contributed by atoms with Gasteiger partial charge in [0, 0.05) is 18.5 Å². The standard InChI is InChI=1S/C18H19N5O3S2/c1-22(10-13-4-5-15-16(9-13)26-7-6-25-15)17(24)12-28-18-19-20-21-23(18)11-14-3-2-8-27-14/h2-5,8-9H,6-7,10-12H2,1H3. The molecule has 0 N–H and O–H groups in total. The molecule has 1 aromatic carbocycles. The zero-order valence-corrected chi connectivity index (χ0v) is 16.9. The van der Waals surface area contributed by atoms with Crippen LogP contribution in [0.15, 0.2) is 40.9 Å². The predicted molar refractivity (Wildman–Crippen MR) is 106 cm³/mol. The zero-order valence-electron chi connectivity index (χ0n) is 15.3. The Kier molecular flexibility index (Phi) is 5.77. The Hall–Kier alpha value is -2.59. The number of aromatic nitrogens is 4. The monoisotopic (exact) mass is 417 g/mol. The van der Waals surface area contributed by atoms with Gasteiger partial charge in [0.25, 0.3) is 0 Å². The highest BCUT2D eigenvalue weighted by atomic mass is 32.2. The first kappa shape index (κ1) is 18.8. The molecule has 3 heterocycles. The Bertz CT molecular complexity index is 945. The van der Waals surface area contributed by atoms with E-state index in [0.29, 0.717) is 31.5 Å². The minimum Gasteiger partial charge on any atom is -0.486 e. The molecule has 10 heteroatoms. The number of thiophene rings is 1. The number of hydrogen-bond acceptors (Lipinski definition) is 8. The third-order valence-corrected chi connectivity index (χ3v) is 5.96. The number of amides is 1. The van der Waals surface area contributed by atoms with Gasteiger partial charge in [0.15, 0.2) is 11.5 Å². The number of rotatable bonds is 7. The molecule has 0 atom stereocenters. The second kappa shape index (κ2) is 8.61. The summed E-state index contributed by atoms with van der Waals surface area (Å²) in [7, 11) is 1.79. The van der Waals surface area contributed by atoms with Gasteiger partial charge in [0.2, 0.25) is 11.1 Å². The molecule has 1 amide bonds. The molecular weight excluding hydrogens is 398 g/mol. The number of tetrazole rings is 1. The molecule has 2 aromatic heterocycles. The number of hydrogen-bond donors (Lipinski definition) is 0. The smallest absolute Gasteiger partial charge is 0.233 e. The van der Waals surface area contributed by atoms with Crippen LogP contribution in [0.3, 0.4) is 0 Å². The molecule has 28 heavy (non-hydrogen) atoms. The fourth-order valence-corrected chi connectivity index (χ4v) is 4.24. The third kappa shape index (κ3) is 4.45. The van der Waals surface area contributed by atoms with Crippen molar-refractivity contribution in [1.82, 2.24) is 25.1 Å². The second-order valence-electron chi connectivity index (χ2n) is 6.21. The molecule has 0 saturated carbocycles. The van der Waals surface area contributed by atoms with E-state index < -0.39 is 0 Å². The van der Waals surface area contributed by atoms with Crippen molar-refractivity contribution >= 4 is 29.0 Å². The molecule has 0 radical (unpaired) electrons. The molecule has 0 spiro atoms. The lowest BCUT2D eigenvalue weighted by Crippen LogP contribution is -2.28. The zero-order chi connectivity index (χ0) is 19.3. The molecule has 3 aromatic rings. The molecular formula is C18H19N5O3S2. The molecule has 146 valence electrons. The Morgan fingerprint density at radius 2 is 2.14 bits per heavy atom. The number of carbonyl (C=O) groups is 1. The van der Waals surface area contributed by atoms with Gasteiger partial charge in [-0.1, -0.05) is 23.9 Å².